The van der Waals surface area contributed by atoms with Crippen LogP contribution < -0.4 is 0 Å². The van der Waals surface area contributed by atoms with Gasteiger partial charge < -0.3 is 9.84 Å². The summed E-state index contributed by atoms with van der Waals surface area (Å²) in [6.45, 7) is 1.56. The predicted molar refractivity (Wildman–Crippen MR) is 60.9 cm³/mol. The molecule has 94 valence electrons. The van der Waals surface area contributed by atoms with Crippen LogP contribution >= 0.6 is 0 Å². The van der Waals surface area contributed by atoms with E-state index in [9.17, 15) is 13.5 Å². The Balaban J connectivity index is 1.81. The summed E-state index contributed by atoms with van der Waals surface area (Å²) in [6, 6.07) is 0. The van der Waals surface area contributed by atoms with E-state index in [1.165, 1.54) is 0 Å². The highest BCUT2D eigenvalue weighted by atomic mass is 32.2. The lowest BCUT2D eigenvalue weighted by Gasteiger charge is -2.26. The molecule has 2 fully saturated rings. The number of hydrogen-bond acceptors (Lipinski definition) is 4. The highest BCUT2D eigenvalue weighted by molar-refractivity contribution is 7.91. The van der Waals surface area contributed by atoms with Crippen LogP contribution in [0.3, 0.4) is 0 Å². The van der Waals surface area contributed by atoms with E-state index in [1.54, 1.807) is 0 Å². The lowest BCUT2D eigenvalue weighted by Crippen LogP contribution is -2.27. The maximum atomic E-state index is 11.3. The van der Waals surface area contributed by atoms with Crippen molar-refractivity contribution in [2.45, 2.75) is 31.8 Å². The Hall–Kier alpha value is -0.130. The average Bonchev–Trinajstić information content (AvgIpc) is 2.60. The van der Waals surface area contributed by atoms with Crippen LogP contribution in [0.1, 0.15) is 25.7 Å². The van der Waals surface area contributed by atoms with Gasteiger partial charge in [0.05, 0.1) is 17.6 Å². The van der Waals surface area contributed by atoms with Gasteiger partial charge in [0.2, 0.25) is 0 Å². The summed E-state index contributed by atoms with van der Waals surface area (Å²) in [7, 11) is -2.87. The molecule has 2 unspecified atom stereocenters. The fraction of sp³-hybridized carbons (Fsp3) is 1.00. The molecule has 0 radical (unpaired) electrons. The van der Waals surface area contributed by atoms with Crippen molar-refractivity contribution in [2.75, 3.05) is 24.7 Å². The number of ether oxygens (including phenoxy) is 1. The van der Waals surface area contributed by atoms with Crippen molar-refractivity contribution in [3.8, 4) is 0 Å². The molecule has 0 aromatic carbocycles. The maximum Gasteiger partial charge on any atom is 0.150 e. The topological polar surface area (TPSA) is 63.6 Å². The van der Waals surface area contributed by atoms with Crippen molar-refractivity contribution >= 4 is 9.84 Å². The second-order valence-electron chi connectivity index (χ2n) is 5.02. The van der Waals surface area contributed by atoms with E-state index >= 15 is 0 Å². The van der Waals surface area contributed by atoms with E-state index in [1.807, 2.05) is 0 Å². The van der Waals surface area contributed by atoms with Gasteiger partial charge in [0.25, 0.3) is 0 Å². The lowest BCUT2D eigenvalue weighted by molar-refractivity contribution is 0.0312. The predicted octanol–water partition coefficient (Wildman–Crippen LogP) is 0.599. The summed E-state index contributed by atoms with van der Waals surface area (Å²) in [5.41, 5.74) is 0. The Labute approximate surface area is 96.9 Å². The van der Waals surface area contributed by atoms with E-state index in [0.717, 1.165) is 32.5 Å². The third-order valence-corrected chi connectivity index (χ3v) is 5.52. The molecule has 0 bridgehead atoms. The first kappa shape index (κ1) is 12.3. The lowest BCUT2D eigenvalue weighted by atomic mass is 9.88. The number of rotatable bonds is 3. The van der Waals surface area contributed by atoms with Gasteiger partial charge in [-0.1, -0.05) is 0 Å². The van der Waals surface area contributed by atoms with Gasteiger partial charge in [0.1, 0.15) is 0 Å². The van der Waals surface area contributed by atoms with Crippen LogP contribution in [0.4, 0.5) is 0 Å². The van der Waals surface area contributed by atoms with Crippen LogP contribution in [-0.4, -0.2) is 44.3 Å². The molecule has 2 heterocycles. The Kier molecular flexibility index (Phi) is 3.87. The van der Waals surface area contributed by atoms with Crippen LogP contribution in [0.15, 0.2) is 0 Å². The van der Waals surface area contributed by atoms with Crippen molar-refractivity contribution in [1.29, 1.82) is 0 Å². The molecule has 0 aromatic heterocycles. The quantitative estimate of drug-likeness (QED) is 0.794. The largest absolute Gasteiger partial charge is 0.393 e. The fourth-order valence-corrected chi connectivity index (χ4v) is 4.51. The van der Waals surface area contributed by atoms with E-state index in [-0.39, 0.29) is 17.4 Å². The molecular weight excluding hydrogens is 228 g/mol. The molecule has 0 amide bonds. The van der Waals surface area contributed by atoms with Gasteiger partial charge in [-0.2, -0.15) is 0 Å². The minimum absolute atomic E-state index is 0.0344. The van der Waals surface area contributed by atoms with E-state index in [2.05, 4.69) is 0 Å². The van der Waals surface area contributed by atoms with E-state index in [0.29, 0.717) is 12.3 Å². The molecule has 0 saturated carbocycles. The van der Waals surface area contributed by atoms with Crippen LogP contribution in [0.5, 0.6) is 0 Å². The third kappa shape index (κ3) is 3.18. The molecule has 0 aromatic rings. The molecular formula is C11H20O4S. The molecule has 16 heavy (non-hydrogen) atoms. The molecule has 2 saturated heterocycles. The highest BCUT2D eigenvalue weighted by Gasteiger charge is 2.33. The monoisotopic (exact) mass is 248 g/mol. The van der Waals surface area contributed by atoms with E-state index < -0.39 is 15.9 Å². The van der Waals surface area contributed by atoms with Crippen molar-refractivity contribution in [3.63, 3.8) is 0 Å². The molecule has 2 atom stereocenters. The first-order chi connectivity index (χ1) is 7.57. The zero-order valence-corrected chi connectivity index (χ0v) is 10.3. The Morgan fingerprint density at radius 3 is 2.50 bits per heavy atom. The van der Waals surface area contributed by atoms with Crippen LogP contribution in [0.2, 0.25) is 0 Å². The molecule has 2 aliphatic heterocycles. The highest BCUT2D eigenvalue weighted by Crippen LogP contribution is 2.28. The normalized spacial score (nSPS) is 32.7. The Morgan fingerprint density at radius 2 is 1.94 bits per heavy atom. The molecule has 2 rings (SSSR count). The number of sulfone groups is 1. The first-order valence-electron chi connectivity index (χ1n) is 6.03. The minimum Gasteiger partial charge on any atom is -0.393 e. The summed E-state index contributed by atoms with van der Waals surface area (Å²) in [6.07, 6.45) is 2.92. The van der Waals surface area contributed by atoms with Crippen LogP contribution in [0, 0.1) is 11.8 Å². The molecule has 0 spiro atoms. The van der Waals surface area contributed by atoms with E-state index in [4.69, 9.17) is 4.74 Å². The molecule has 1 N–H and O–H groups in total. The van der Waals surface area contributed by atoms with Crippen molar-refractivity contribution in [3.05, 3.63) is 0 Å². The Morgan fingerprint density at radius 1 is 1.25 bits per heavy atom. The SMILES string of the molecule is O=S1(=O)CCC(C(O)CC2CCOCC2)C1. The Bertz CT molecular complexity index is 319. The fourth-order valence-electron chi connectivity index (χ4n) is 2.64. The third-order valence-electron chi connectivity index (χ3n) is 3.73. The van der Waals surface area contributed by atoms with Gasteiger partial charge in [-0.3, -0.25) is 0 Å². The zero-order valence-electron chi connectivity index (χ0n) is 9.47. The second-order valence-corrected chi connectivity index (χ2v) is 7.25. The summed E-state index contributed by atoms with van der Waals surface area (Å²) in [4.78, 5) is 0. The molecule has 4 nitrogen and oxygen atoms in total. The van der Waals surface area contributed by atoms with Crippen LogP contribution in [0.25, 0.3) is 0 Å². The summed E-state index contributed by atoms with van der Waals surface area (Å²) in [5.74, 6) is 0.903. The summed E-state index contributed by atoms with van der Waals surface area (Å²) in [5, 5.41) is 10.0. The summed E-state index contributed by atoms with van der Waals surface area (Å²) >= 11 is 0. The van der Waals surface area contributed by atoms with Gasteiger partial charge in [0.15, 0.2) is 9.84 Å². The van der Waals surface area contributed by atoms with Gasteiger partial charge in [0, 0.05) is 13.2 Å². The molecule has 0 aliphatic carbocycles. The van der Waals surface area contributed by atoms with Gasteiger partial charge in [-0.25, -0.2) is 8.42 Å². The van der Waals surface area contributed by atoms with Gasteiger partial charge in [-0.15, -0.1) is 0 Å². The first-order valence-corrected chi connectivity index (χ1v) is 7.85. The number of aliphatic hydroxyl groups is 1. The second kappa shape index (κ2) is 5.02. The summed E-state index contributed by atoms with van der Waals surface area (Å²) < 4.78 is 27.9. The van der Waals surface area contributed by atoms with Crippen molar-refractivity contribution < 1.29 is 18.3 Å². The average molecular weight is 248 g/mol. The van der Waals surface area contributed by atoms with Gasteiger partial charge >= 0.3 is 0 Å². The smallest absolute Gasteiger partial charge is 0.150 e. The minimum atomic E-state index is -2.87. The van der Waals surface area contributed by atoms with Crippen LogP contribution in [-0.2, 0) is 14.6 Å². The number of hydrogen-bond donors (Lipinski definition) is 1. The van der Waals surface area contributed by atoms with Gasteiger partial charge in [-0.05, 0) is 37.5 Å². The standard InChI is InChI=1S/C11H20O4S/c12-11(7-9-1-4-15-5-2-9)10-3-6-16(13,14)8-10/h9-12H,1-8H2. The maximum absolute atomic E-state index is 11.3. The van der Waals surface area contributed by atoms with Crippen molar-refractivity contribution in [2.24, 2.45) is 11.8 Å². The molecule has 5 heteroatoms. The van der Waals surface area contributed by atoms with Crippen molar-refractivity contribution in [1.82, 2.24) is 0 Å². The zero-order chi connectivity index (χ0) is 11.6. The number of aliphatic hydroxyl groups excluding tert-OH is 1. The molecule has 2 aliphatic rings.